The van der Waals surface area contributed by atoms with Crippen molar-refractivity contribution < 1.29 is 24.9 Å². The number of phenolic OH excluding ortho intramolecular Hbond substituents is 2. The number of carbonyl (C=O) groups excluding carboxylic acids is 1. The van der Waals surface area contributed by atoms with Gasteiger partial charge in [-0.05, 0) is 36.6 Å². The molecule has 20 heavy (non-hydrogen) atoms. The van der Waals surface area contributed by atoms with Crippen molar-refractivity contribution in [1.82, 2.24) is 5.32 Å². The zero-order valence-electron chi connectivity index (χ0n) is 10.9. The fourth-order valence-corrected chi connectivity index (χ4v) is 1.49. The molecule has 1 aromatic rings. The summed E-state index contributed by atoms with van der Waals surface area (Å²) in [5.41, 5.74) is 0.585. The van der Waals surface area contributed by atoms with E-state index in [1.165, 1.54) is 24.3 Å². The van der Waals surface area contributed by atoms with Gasteiger partial charge in [0, 0.05) is 19.0 Å². The van der Waals surface area contributed by atoms with Crippen LogP contribution in [-0.2, 0) is 9.59 Å². The summed E-state index contributed by atoms with van der Waals surface area (Å²) in [6, 6.07) is 4.23. The van der Waals surface area contributed by atoms with Crippen LogP contribution >= 0.6 is 0 Å². The molecule has 108 valence electrons. The summed E-state index contributed by atoms with van der Waals surface area (Å²) in [5, 5.41) is 29.5. The summed E-state index contributed by atoms with van der Waals surface area (Å²) in [4.78, 5) is 21.7. The number of phenols is 2. The van der Waals surface area contributed by atoms with E-state index in [1.807, 2.05) is 0 Å². The van der Waals surface area contributed by atoms with Crippen LogP contribution in [0.3, 0.4) is 0 Å². The van der Waals surface area contributed by atoms with Crippen molar-refractivity contribution in [2.75, 3.05) is 6.54 Å². The molecule has 0 bridgehead atoms. The molecule has 1 rings (SSSR count). The van der Waals surface area contributed by atoms with Crippen LogP contribution in [-0.4, -0.2) is 33.7 Å². The predicted molar refractivity (Wildman–Crippen MR) is 73.3 cm³/mol. The van der Waals surface area contributed by atoms with Gasteiger partial charge in [0.05, 0.1) is 0 Å². The average molecular weight is 279 g/mol. The number of carbonyl (C=O) groups is 2. The van der Waals surface area contributed by atoms with Crippen LogP contribution in [0, 0.1) is 0 Å². The van der Waals surface area contributed by atoms with Crippen molar-refractivity contribution in [3.05, 3.63) is 29.8 Å². The fourth-order valence-electron chi connectivity index (χ4n) is 1.49. The number of nitrogens with one attached hydrogen (secondary N) is 1. The summed E-state index contributed by atoms with van der Waals surface area (Å²) >= 11 is 0. The second-order valence-electron chi connectivity index (χ2n) is 4.22. The van der Waals surface area contributed by atoms with Crippen molar-refractivity contribution in [2.45, 2.75) is 19.3 Å². The number of benzene rings is 1. The smallest absolute Gasteiger partial charge is 0.303 e. The molecule has 0 saturated carbocycles. The maximum Gasteiger partial charge on any atom is 0.303 e. The molecule has 0 aliphatic rings. The minimum absolute atomic E-state index is 0.0957. The average Bonchev–Trinajstić information content (AvgIpc) is 2.39. The van der Waals surface area contributed by atoms with Crippen molar-refractivity contribution in [2.24, 2.45) is 0 Å². The SMILES string of the molecule is O=C(O)CCCCNC(=O)/C=C/c1ccc(O)c(O)c1. The zero-order valence-corrected chi connectivity index (χ0v) is 10.9. The monoisotopic (exact) mass is 279 g/mol. The highest BCUT2D eigenvalue weighted by Crippen LogP contribution is 2.25. The number of carboxylic acid groups (broad SMARTS) is 1. The second-order valence-corrected chi connectivity index (χ2v) is 4.22. The third kappa shape index (κ3) is 5.90. The highest BCUT2D eigenvalue weighted by atomic mass is 16.4. The molecular weight excluding hydrogens is 262 g/mol. The lowest BCUT2D eigenvalue weighted by Gasteiger charge is -2.01. The third-order valence-corrected chi connectivity index (χ3v) is 2.54. The van der Waals surface area contributed by atoms with Crippen LogP contribution in [0.4, 0.5) is 0 Å². The summed E-state index contributed by atoms with van der Waals surface area (Å²) in [6.07, 6.45) is 4.03. The lowest BCUT2D eigenvalue weighted by Crippen LogP contribution is -2.22. The van der Waals surface area contributed by atoms with Crippen LogP contribution < -0.4 is 5.32 Å². The van der Waals surface area contributed by atoms with Gasteiger partial charge >= 0.3 is 5.97 Å². The van der Waals surface area contributed by atoms with E-state index < -0.39 is 5.97 Å². The second kappa shape index (κ2) is 7.83. The molecule has 0 fully saturated rings. The molecule has 0 atom stereocenters. The summed E-state index contributed by atoms with van der Waals surface area (Å²) in [7, 11) is 0. The molecule has 0 aromatic heterocycles. The first-order chi connectivity index (χ1) is 9.49. The molecule has 0 radical (unpaired) electrons. The summed E-state index contributed by atoms with van der Waals surface area (Å²) in [5.74, 6) is -1.61. The molecule has 0 unspecified atom stereocenters. The van der Waals surface area contributed by atoms with E-state index >= 15 is 0 Å². The Labute approximate surface area is 116 Å². The van der Waals surface area contributed by atoms with Crippen molar-refractivity contribution in [1.29, 1.82) is 0 Å². The zero-order chi connectivity index (χ0) is 15.0. The molecule has 0 aliphatic carbocycles. The molecule has 4 N–H and O–H groups in total. The molecule has 0 spiro atoms. The Morgan fingerprint density at radius 1 is 1.15 bits per heavy atom. The quantitative estimate of drug-likeness (QED) is 0.343. The van der Waals surface area contributed by atoms with Crippen molar-refractivity contribution >= 4 is 18.0 Å². The highest BCUT2D eigenvalue weighted by molar-refractivity contribution is 5.91. The van der Waals surface area contributed by atoms with Crippen molar-refractivity contribution in [3.63, 3.8) is 0 Å². The van der Waals surface area contributed by atoms with Crippen LogP contribution in [0.15, 0.2) is 24.3 Å². The maximum atomic E-state index is 11.4. The van der Waals surface area contributed by atoms with Crippen molar-refractivity contribution in [3.8, 4) is 11.5 Å². The topological polar surface area (TPSA) is 107 Å². The van der Waals surface area contributed by atoms with Crippen LogP contribution in [0.1, 0.15) is 24.8 Å². The van der Waals surface area contributed by atoms with E-state index in [0.717, 1.165) is 0 Å². The first kappa shape index (κ1) is 15.6. The molecule has 0 aliphatic heterocycles. The Bertz CT molecular complexity index is 510. The number of aromatic hydroxyl groups is 2. The lowest BCUT2D eigenvalue weighted by molar-refractivity contribution is -0.137. The Morgan fingerprint density at radius 3 is 2.55 bits per heavy atom. The molecule has 1 aromatic carbocycles. The van der Waals surface area contributed by atoms with Gasteiger partial charge in [-0.2, -0.15) is 0 Å². The minimum atomic E-state index is -0.844. The summed E-state index contributed by atoms with van der Waals surface area (Å²) in [6.45, 7) is 0.414. The third-order valence-electron chi connectivity index (χ3n) is 2.54. The number of carboxylic acids is 1. The van der Waals surface area contributed by atoms with Gasteiger partial charge < -0.3 is 20.6 Å². The van der Waals surface area contributed by atoms with E-state index in [4.69, 9.17) is 10.2 Å². The Balaban J connectivity index is 2.32. The van der Waals surface area contributed by atoms with Crippen LogP contribution in [0.2, 0.25) is 0 Å². The van der Waals surface area contributed by atoms with Crippen LogP contribution in [0.5, 0.6) is 11.5 Å². The predicted octanol–water partition coefficient (Wildman–Crippen LogP) is 1.48. The number of aliphatic carboxylic acids is 1. The number of unbranched alkanes of at least 4 members (excludes halogenated alkanes) is 1. The van der Waals surface area contributed by atoms with Gasteiger partial charge in [-0.3, -0.25) is 9.59 Å². The van der Waals surface area contributed by atoms with Gasteiger partial charge in [-0.1, -0.05) is 6.07 Å². The molecule has 6 heteroatoms. The van der Waals surface area contributed by atoms with Gasteiger partial charge in [-0.15, -0.1) is 0 Å². The number of rotatable bonds is 7. The standard InChI is InChI=1S/C14H17NO5/c16-11-6-4-10(9-12(11)17)5-7-13(18)15-8-2-1-3-14(19)20/h4-7,9,16-17H,1-3,8H2,(H,15,18)(H,19,20)/b7-5+. The van der Waals surface area contributed by atoms with Gasteiger partial charge in [-0.25, -0.2) is 0 Å². The largest absolute Gasteiger partial charge is 0.504 e. The number of hydrogen-bond acceptors (Lipinski definition) is 4. The first-order valence-corrected chi connectivity index (χ1v) is 6.18. The number of hydrogen-bond donors (Lipinski definition) is 4. The normalized spacial score (nSPS) is 10.6. The Hall–Kier alpha value is -2.50. The lowest BCUT2D eigenvalue weighted by atomic mass is 10.2. The summed E-state index contributed by atoms with van der Waals surface area (Å²) < 4.78 is 0. The minimum Gasteiger partial charge on any atom is -0.504 e. The van der Waals surface area contributed by atoms with Gasteiger partial charge in [0.25, 0.3) is 0 Å². The highest BCUT2D eigenvalue weighted by Gasteiger charge is 2.00. The Kier molecular flexibility index (Phi) is 6.09. The van der Waals surface area contributed by atoms with E-state index in [0.29, 0.717) is 24.9 Å². The molecular formula is C14H17NO5. The van der Waals surface area contributed by atoms with E-state index in [9.17, 15) is 14.7 Å². The van der Waals surface area contributed by atoms with Gasteiger partial charge in [0.15, 0.2) is 11.5 Å². The Morgan fingerprint density at radius 2 is 1.90 bits per heavy atom. The maximum absolute atomic E-state index is 11.4. The molecule has 1 amide bonds. The molecule has 0 saturated heterocycles. The first-order valence-electron chi connectivity index (χ1n) is 6.18. The van der Waals surface area contributed by atoms with Gasteiger partial charge in [0.2, 0.25) is 5.91 Å². The number of amides is 1. The molecule has 0 heterocycles. The van der Waals surface area contributed by atoms with Gasteiger partial charge in [0.1, 0.15) is 0 Å². The molecule has 6 nitrogen and oxygen atoms in total. The van der Waals surface area contributed by atoms with Crippen LogP contribution in [0.25, 0.3) is 6.08 Å². The fraction of sp³-hybridized carbons (Fsp3) is 0.286. The van der Waals surface area contributed by atoms with E-state index in [1.54, 1.807) is 6.07 Å². The van der Waals surface area contributed by atoms with E-state index in [-0.39, 0.29) is 23.8 Å². The van der Waals surface area contributed by atoms with E-state index in [2.05, 4.69) is 5.32 Å².